The number of nitrogens with one attached hydrogen (secondary N) is 1. The number of hydrogen-bond donors (Lipinski definition) is 1. The fraction of sp³-hybridized carbons (Fsp3) is 0.176. The van der Waals surface area contributed by atoms with Crippen molar-refractivity contribution in [3.63, 3.8) is 0 Å². The van der Waals surface area contributed by atoms with Crippen molar-refractivity contribution in [3.05, 3.63) is 57.5 Å². The molecule has 0 aromatic heterocycles. The lowest BCUT2D eigenvalue weighted by Gasteiger charge is -2.17. The summed E-state index contributed by atoms with van der Waals surface area (Å²) in [5.41, 5.74) is 0.498. The van der Waals surface area contributed by atoms with Crippen LogP contribution in [0.4, 0.5) is 5.69 Å². The van der Waals surface area contributed by atoms with Gasteiger partial charge in [-0.15, -0.1) is 0 Å². The summed E-state index contributed by atoms with van der Waals surface area (Å²) in [6.07, 6.45) is 0. The van der Waals surface area contributed by atoms with E-state index in [0.29, 0.717) is 26.5 Å². The molecule has 0 saturated heterocycles. The number of likely N-dealkylation sites (N-methyl/N-ethyl adjacent to an activating group) is 1. The van der Waals surface area contributed by atoms with Crippen molar-refractivity contribution in [2.45, 2.75) is 0 Å². The van der Waals surface area contributed by atoms with Gasteiger partial charge < -0.3 is 15.0 Å². The number of rotatable bonds is 6. The molecule has 25 heavy (non-hydrogen) atoms. The van der Waals surface area contributed by atoms with Gasteiger partial charge in [-0.2, -0.15) is 0 Å². The molecule has 0 spiro atoms. The average molecular weight is 402 g/mol. The van der Waals surface area contributed by atoms with Gasteiger partial charge in [-0.05, 0) is 42.5 Å². The topological polar surface area (TPSA) is 58.6 Å². The van der Waals surface area contributed by atoms with Crippen LogP contribution in [0.25, 0.3) is 0 Å². The predicted molar refractivity (Wildman–Crippen MR) is 99.7 cm³/mol. The Morgan fingerprint density at radius 2 is 1.72 bits per heavy atom. The molecule has 0 aliphatic heterocycles. The van der Waals surface area contributed by atoms with E-state index in [9.17, 15) is 9.59 Å². The molecular formula is C17H15Cl3N2O3. The number of benzene rings is 2. The van der Waals surface area contributed by atoms with E-state index in [1.807, 2.05) is 0 Å². The molecule has 0 bridgehead atoms. The molecular weight excluding hydrogens is 387 g/mol. The molecule has 0 radical (unpaired) electrons. The predicted octanol–water partition coefficient (Wildman–Crippen LogP) is 4.12. The summed E-state index contributed by atoms with van der Waals surface area (Å²) in [7, 11) is 1.52. The summed E-state index contributed by atoms with van der Waals surface area (Å²) < 4.78 is 5.36. The normalized spacial score (nSPS) is 10.2. The van der Waals surface area contributed by atoms with Gasteiger partial charge in [0.1, 0.15) is 5.75 Å². The zero-order valence-electron chi connectivity index (χ0n) is 13.3. The van der Waals surface area contributed by atoms with Crippen LogP contribution >= 0.6 is 34.8 Å². The number of anilines is 1. The Hall–Kier alpha value is -1.95. The third-order valence-corrected chi connectivity index (χ3v) is 4.18. The van der Waals surface area contributed by atoms with E-state index in [4.69, 9.17) is 39.5 Å². The van der Waals surface area contributed by atoms with E-state index in [0.717, 1.165) is 0 Å². The number of hydrogen-bond acceptors (Lipinski definition) is 3. The monoisotopic (exact) mass is 400 g/mol. The first-order valence-electron chi connectivity index (χ1n) is 7.22. The second-order valence-electron chi connectivity index (χ2n) is 5.17. The van der Waals surface area contributed by atoms with Crippen LogP contribution in [0.15, 0.2) is 42.5 Å². The largest absolute Gasteiger partial charge is 0.484 e. The van der Waals surface area contributed by atoms with Crippen molar-refractivity contribution >= 4 is 52.3 Å². The van der Waals surface area contributed by atoms with Gasteiger partial charge >= 0.3 is 0 Å². The fourth-order valence-electron chi connectivity index (χ4n) is 1.86. The highest BCUT2D eigenvalue weighted by atomic mass is 35.5. The van der Waals surface area contributed by atoms with E-state index < -0.39 is 0 Å². The summed E-state index contributed by atoms with van der Waals surface area (Å²) in [5, 5.41) is 3.95. The van der Waals surface area contributed by atoms with E-state index in [1.54, 1.807) is 36.4 Å². The van der Waals surface area contributed by atoms with E-state index in [-0.39, 0.29) is 25.0 Å². The lowest BCUT2D eigenvalue weighted by atomic mass is 10.3. The summed E-state index contributed by atoms with van der Waals surface area (Å²) in [4.78, 5) is 25.3. The SMILES string of the molecule is CN(CC(=O)Nc1ccc(Cl)c(Cl)c1)C(=O)COc1ccc(Cl)cc1. The maximum absolute atomic E-state index is 12.0. The quantitative estimate of drug-likeness (QED) is 0.792. The van der Waals surface area contributed by atoms with Gasteiger partial charge in [-0.1, -0.05) is 34.8 Å². The van der Waals surface area contributed by atoms with Gasteiger partial charge in [0.05, 0.1) is 16.6 Å². The van der Waals surface area contributed by atoms with Crippen LogP contribution in [0.3, 0.4) is 0 Å². The number of ether oxygens (including phenoxy) is 1. The fourth-order valence-corrected chi connectivity index (χ4v) is 2.29. The lowest BCUT2D eigenvalue weighted by Crippen LogP contribution is -2.37. The van der Waals surface area contributed by atoms with Crippen LogP contribution in [0.2, 0.25) is 15.1 Å². The summed E-state index contributed by atoms with van der Waals surface area (Å²) >= 11 is 17.5. The number of halogens is 3. The zero-order chi connectivity index (χ0) is 18.4. The third-order valence-electron chi connectivity index (χ3n) is 3.19. The highest BCUT2D eigenvalue weighted by Gasteiger charge is 2.14. The van der Waals surface area contributed by atoms with Crippen LogP contribution in [-0.2, 0) is 9.59 Å². The Balaban J connectivity index is 1.82. The molecule has 8 heteroatoms. The summed E-state index contributed by atoms with van der Waals surface area (Å²) in [6.45, 7) is -0.304. The van der Waals surface area contributed by atoms with E-state index >= 15 is 0 Å². The maximum atomic E-state index is 12.0. The number of carbonyl (C=O) groups is 2. The standard InChI is InChI=1S/C17H15Cl3N2O3/c1-22(17(24)10-25-13-5-2-11(18)3-6-13)9-16(23)21-12-4-7-14(19)15(20)8-12/h2-8H,9-10H2,1H3,(H,21,23). The van der Waals surface area contributed by atoms with Gasteiger partial charge in [0, 0.05) is 17.8 Å². The first-order chi connectivity index (χ1) is 11.8. The smallest absolute Gasteiger partial charge is 0.260 e. The maximum Gasteiger partial charge on any atom is 0.260 e. The number of nitrogens with zero attached hydrogens (tertiary/aromatic N) is 1. The first kappa shape index (κ1) is 19.4. The molecule has 2 aromatic carbocycles. The minimum absolute atomic E-state index is 0.122. The average Bonchev–Trinajstić information content (AvgIpc) is 2.57. The lowest BCUT2D eigenvalue weighted by molar-refractivity contribution is -0.135. The Bertz CT molecular complexity index is 766. The minimum Gasteiger partial charge on any atom is -0.484 e. The van der Waals surface area contributed by atoms with Crippen LogP contribution in [0, 0.1) is 0 Å². The van der Waals surface area contributed by atoms with Crippen LogP contribution in [-0.4, -0.2) is 36.9 Å². The molecule has 2 aromatic rings. The summed E-state index contributed by atoms with van der Waals surface area (Å²) in [5.74, 6) is -0.175. The molecule has 0 unspecified atom stereocenters. The first-order valence-corrected chi connectivity index (χ1v) is 8.36. The van der Waals surface area contributed by atoms with Crippen molar-refractivity contribution in [2.75, 3.05) is 25.5 Å². The van der Waals surface area contributed by atoms with E-state index in [1.165, 1.54) is 18.0 Å². The van der Waals surface area contributed by atoms with Gasteiger partial charge in [0.2, 0.25) is 5.91 Å². The second kappa shape index (κ2) is 8.94. The van der Waals surface area contributed by atoms with Gasteiger partial charge in [0.15, 0.2) is 6.61 Å². The van der Waals surface area contributed by atoms with Crippen molar-refractivity contribution in [1.29, 1.82) is 0 Å². The Morgan fingerprint density at radius 3 is 2.36 bits per heavy atom. The van der Waals surface area contributed by atoms with Crippen molar-refractivity contribution in [3.8, 4) is 5.75 Å². The molecule has 2 amide bonds. The van der Waals surface area contributed by atoms with Crippen LogP contribution in [0.1, 0.15) is 0 Å². The van der Waals surface area contributed by atoms with Crippen molar-refractivity contribution < 1.29 is 14.3 Å². The number of carbonyl (C=O) groups excluding carboxylic acids is 2. The molecule has 0 heterocycles. The molecule has 0 atom stereocenters. The molecule has 2 rings (SSSR count). The Kier molecular flexibility index (Phi) is 6.93. The number of amides is 2. The molecule has 0 fully saturated rings. The molecule has 0 aliphatic carbocycles. The highest BCUT2D eigenvalue weighted by molar-refractivity contribution is 6.42. The molecule has 0 aliphatic rings. The second-order valence-corrected chi connectivity index (χ2v) is 6.42. The van der Waals surface area contributed by atoms with Crippen LogP contribution in [0.5, 0.6) is 5.75 Å². The third kappa shape index (κ3) is 6.12. The Labute approximate surface area is 160 Å². The summed E-state index contributed by atoms with van der Waals surface area (Å²) in [6, 6.07) is 11.4. The molecule has 0 saturated carbocycles. The minimum atomic E-state index is -0.360. The zero-order valence-corrected chi connectivity index (χ0v) is 15.5. The molecule has 1 N–H and O–H groups in total. The highest BCUT2D eigenvalue weighted by Crippen LogP contribution is 2.24. The van der Waals surface area contributed by atoms with Gasteiger partial charge in [-0.25, -0.2) is 0 Å². The molecule has 5 nitrogen and oxygen atoms in total. The van der Waals surface area contributed by atoms with Gasteiger partial charge in [-0.3, -0.25) is 9.59 Å². The molecule has 132 valence electrons. The Morgan fingerprint density at radius 1 is 1.04 bits per heavy atom. The van der Waals surface area contributed by atoms with E-state index in [2.05, 4.69) is 5.32 Å². The van der Waals surface area contributed by atoms with Crippen molar-refractivity contribution in [1.82, 2.24) is 4.90 Å². The van der Waals surface area contributed by atoms with Crippen molar-refractivity contribution in [2.24, 2.45) is 0 Å². The van der Waals surface area contributed by atoms with Crippen LogP contribution < -0.4 is 10.1 Å². The van der Waals surface area contributed by atoms with Gasteiger partial charge in [0.25, 0.3) is 5.91 Å².